The first-order valence-electron chi connectivity index (χ1n) is 23.3. The number of β-amino-alcohol motifs (C(OH)–C–C–N with tert-alkyl or cyclic N) is 1. The molecule has 2 aromatic heterocycles. The molecule has 15 nitrogen and oxygen atoms in total. The van der Waals surface area contributed by atoms with Crippen LogP contribution in [0, 0.1) is 23.7 Å². The van der Waals surface area contributed by atoms with Gasteiger partial charge in [0.2, 0.25) is 23.7 Å². The summed E-state index contributed by atoms with van der Waals surface area (Å²) < 4.78 is 0. The van der Waals surface area contributed by atoms with Gasteiger partial charge in [0.25, 0.3) is 0 Å². The third-order valence-electron chi connectivity index (χ3n) is 13.8. The standard InChI is InChI=1S/C52H58N10O5/c1-5-32-10-12-33(13-11-32)26-54-49(66)44-24-40(63)31-62(44)50(67)46(52(2,3)4)57-48(65)37-20-18-35(19-21-37)34-14-16-36(17-15-34)38-27-55-51(56-28-38)60-22-23-61-39(30-60)29-53-47-43(61)25-42(58-59-47)41-8-6-7-9-45(41)64/h1,6-17,25,27-28,35,37,39-40,44,46,63-64H,18-24,26,29-31H2,2-4H3,(H,53,59)(H,54,66)(H,57,65)/t35-,37-,39-,40+,44-,46+/m0/s1. The summed E-state index contributed by atoms with van der Waals surface area (Å²) >= 11 is 0. The van der Waals surface area contributed by atoms with Crippen LogP contribution in [0.5, 0.6) is 5.75 Å². The van der Waals surface area contributed by atoms with Crippen LogP contribution < -0.4 is 25.8 Å². The van der Waals surface area contributed by atoms with Gasteiger partial charge in [-0.25, -0.2) is 9.97 Å². The summed E-state index contributed by atoms with van der Waals surface area (Å²) in [5.41, 5.74) is 6.40. The van der Waals surface area contributed by atoms with Gasteiger partial charge in [0.15, 0.2) is 5.82 Å². The molecule has 15 heteroatoms. The van der Waals surface area contributed by atoms with E-state index in [1.165, 1.54) is 10.5 Å². The number of phenolic OH excluding ortho intramolecular Hbond substituents is 1. The van der Waals surface area contributed by atoms with Crippen LogP contribution in [0.4, 0.5) is 17.5 Å². The number of nitrogens with zero attached hydrogens (tertiary/aromatic N) is 7. The zero-order valence-corrected chi connectivity index (χ0v) is 38.2. The predicted octanol–water partition coefficient (Wildman–Crippen LogP) is 5.49. The normalized spacial score (nSPS) is 21.8. The Kier molecular flexibility index (Phi) is 12.8. The van der Waals surface area contributed by atoms with Gasteiger partial charge >= 0.3 is 0 Å². The van der Waals surface area contributed by atoms with Gasteiger partial charge in [-0.05, 0) is 84.0 Å². The lowest BCUT2D eigenvalue weighted by atomic mass is 9.77. The maximum absolute atomic E-state index is 14.2. The third-order valence-corrected chi connectivity index (χ3v) is 13.8. The van der Waals surface area contributed by atoms with E-state index in [1.54, 1.807) is 24.3 Å². The van der Waals surface area contributed by atoms with E-state index in [9.17, 15) is 24.6 Å². The summed E-state index contributed by atoms with van der Waals surface area (Å²) in [5.74, 6) is 3.38. The van der Waals surface area contributed by atoms with E-state index in [4.69, 9.17) is 16.4 Å². The van der Waals surface area contributed by atoms with Gasteiger partial charge in [-0.3, -0.25) is 14.4 Å². The van der Waals surface area contributed by atoms with Gasteiger partial charge in [-0.2, -0.15) is 0 Å². The first-order chi connectivity index (χ1) is 32.3. The van der Waals surface area contributed by atoms with Crippen molar-refractivity contribution in [2.24, 2.45) is 11.3 Å². The van der Waals surface area contributed by atoms with Crippen LogP contribution in [0.15, 0.2) is 91.3 Å². The second-order valence-corrected chi connectivity index (χ2v) is 19.4. The number of aliphatic hydroxyl groups is 1. The van der Waals surface area contributed by atoms with E-state index in [2.05, 4.69) is 66.1 Å². The molecular formula is C52H58N10O5. The van der Waals surface area contributed by atoms with E-state index < -0.39 is 23.6 Å². The van der Waals surface area contributed by atoms with Gasteiger partial charge in [0.1, 0.15) is 17.8 Å². The molecule has 5 heterocycles. The highest BCUT2D eigenvalue weighted by Gasteiger charge is 2.45. The number of terminal acetylenes is 1. The molecule has 0 bridgehead atoms. The monoisotopic (exact) mass is 902 g/mol. The van der Waals surface area contributed by atoms with Gasteiger partial charge in [0.05, 0.1) is 23.5 Å². The fourth-order valence-electron chi connectivity index (χ4n) is 9.97. The van der Waals surface area contributed by atoms with E-state index >= 15 is 0 Å². The van der Waals surface area contributed by atoms with Crippen LogP contribution in [0.1, 0.15) is 75.5 Å². The zero-order chi connectivity index (χ0) is 46.8. The molecule has 4 atom stereocenters. The number of amides is 3. The number of fused-ring (bicyclic) bond motifs is 3. The maximum atomic E-state index is 14.2. The Morgan fingerprint density at radius 2 is 1.63 bits per heavy atom. The number of carbonyl (C=O) groups is 3. The number of hydrogen-bond acceptors (Lipinski definition) is 12. The highest BCUT2D eigenvalue weighted by atomic mass is 16.3. The molecule has 5 aromatic rings. The number of anilines is 3. The van der Waals surface area contributed by atoms with Gasteiger partial charge < -0.3 is 40.9 Å². The Hall–Kier alpha value is -7.05. The Bertz CT molecular complexity index is 2640. The maximum Gasteiger partial charge on any atom is 0.246 e. The van der Waals surface area contributed by atoms with Crippen LogP contribution in [0.25, 0.3) is 22.4 Å². The Morgan fingerprint density at radius 1 is 0.896 bits per heavy atom. The minimum atomic E-state index is -0.875. The molecule has 9 rings (SSSR count). The number of aliphatic hydroxyl groups excluding tert-OH is 1. The van der Waals surface area contributed by atoms with Crippen molar-refractivity contribution < 1.29 is 24.6 Å². The number of hydrogen-bond donors (Lipinski definition) is 5. The average Bonchev–Trinajstić information content (AvgIpc) is 3.76. The molecule has 3 amide bonds. The molecule has 0 spiro atoms. The second-order valence-electron chi connectivity index (χ2n) is 19.4. The molecule has 3 fully saturated rings. The number of phenols is 1. The fourth-order valence-corrected chi connectivity index (χ4v) is 9.97. The van der Waals surface area contributed by atoms with Crippen molar-refractivity contribution in [1.82, 2.24) is 35.7 Å². The van der Waals surface area contributed by atoms with E-state index in [0.717, 1.165) is 66.2 Å². The SMILES string of the molecule is C#Cc1ccc(CNC(=O)[C@@H]2C[C@@H](O)CN2C(=O)[C@@H](NC(=O)[C@H]2CC[C@H](c3ccc(-c4cnc(N5CCN6c7cc(-c8ccccc8O)nnc7NC[C@H]6C5)nc4)cc3)CC2)C(C)(C)C)cc1. The van der Waals surface area contributed by atoms with Crippen molar-refractivity contribution >= 4 is 35.2 Å². The minimum Gasteiger partial charge on any atom is -0.507 e. The summed E-state index contributed by atoms with van der Waals surface area (Å²) in [5, 5.41) is 39.3. The van der Waals surface area contributed by atoms with Crippen LogP contribution in [-0.2, 0) is 20.9 Å². The topological polar surface area (TPSA) is 189 Å². The number of nitrogens with one attached hydrogen (secondary N) is 3. The van der Waals surface area contributed by atoms with E-state index in [-0.39, 0.29) is 54.9 Å². The second kappa shape index (κ2) is 19.0. The molecule has 0 radical (unpaired) electrons. The molecule has 1 aliphatic carbocycles. The number of likely N-dealkylation sites (tertiary alicyclic amines) is 1. The van der Waals surface area contributed by atoms with Gasteiger partial charge in [-0.15, -0.1) is 16.6 Å². The van der Waals surface area contributed by atoms with Crippen LogP contribution >= 0.6 is 0 Å². The molecular weight excluding hydrogens is 845 g/mol. The number of benzene rings is 3. The smallest absolute Gasteiger partial charge is 0.246 e. The molecule has 346 valence electrons. The quantitative estimate of drug-likeness (QED) is 0.111. The number of piperazine rings is 1. The largest absolute Gasteiger partial charge is 0.507 e. The molecule has 5 N–H and O–H groups in total. The first kappa shape index (κ1) is 45.1. The molecule has 3 aromatic carbocycles. The highest BCUT2D eigenvalue weighted by molar-refractivity contribution is 5.93. The Balaban J connectivity index is 0.768. The third kappa shape index (κ3) is 9.76. The molecule has 0 unspecified atom stereocenters. The minimum absolute atomic E-state index is 0.0211. The molecule has 3 aliphatic heterocycles. The van der Waals surface area contributed by atoms with Crippen LogP contribution in [0.2, 0.25) is 0 Å². The lowest BCUT2D eigenvalue weighted by Crippen LogP contribution is -2.58. The lowest BCUT2D eigenvalue weighted by Gasteiger charge is -2.45. The Morgan fingerprint density at radius 3 is 2.33 bits per heavy atom. The molecule has 67 heavy (non-hydrogen) atoms. The van der Waals surface area contributed by atoms with Gasteiger partial charge in [-0.1, -0.05) is 75.2 Å². The van der Waals surface area contributed by atoms with Crippen molar-refractivity contribution in [1.29, 1.82) is 0 Å². The molecule has 1 saturated carbocycles. The summed E-state index contributed by atoms with van der Waals surface area (Å²) in [6, 6.07) is 23.5. The molecule has 2 saturated heterocycles. The average molecular weight is 903 g/mol. The van der Waals surface area contributed by atoms with Crippen molar-refractivity contribution in [2.75, 3.05) is 47.8 Å². The number of para-hydroxylation sites is 1. The van der Waals surface area contributed by atoms with Crippen molar-refractivity contribution in [2.45, 2.75) is 89.6 Å². The Labute approximate surface area is 391 Å². The van der Waals surface area contributed by atoms with Crippen LogP contribution in [0.3, 0.4) is 0 Å². The first-order valence-corrected chi connectivity index (χ1v) is 23.3. The van der Waals surface area contributed by atoms with Crippen molar-refractivity contribution in [3.8, 4) is 40.5 Å². The zero-order valence-electron chi connectivity index (χ0n) is 38.2. The van der Waals surface area contributed by atoms with E-state index in [1.807, 2.05) is 63.5 Å². The summed E-state index contributed by atoms with van der Waals surface area (Å²) in [6.45, 7) is 8.95. The molecule has 4 aliphatic rings. The number of aromatic hydroxyl groups is 1. The van der Waals surface area contributed by atoms with E-state index in [0.29, 0.717) is 42.5 Å². The van der Waals surface area contributed by atoms with Gasteiger partial charge in [0, 0.05) is 80.7 Å². The summed E-state index contributed by atoms with van der Waals surface area (Å²) in [7, 11) is 0. The highest BCUT2D eigenvalue weighted by Crippen LogP contribution is 2.39. The van der Waals surface area contributed by atoms with Crippen molar-refractivity contribution in [3.63, 3.8) is 0 Å². The van der Waals surface area contributed by atoms with Crippen LogP contribution in [-0.4, -0.2) is 110 Å². The summed E-state index contributed by atoms with van der Waals surface area (Å²) in [4.78, 5) is 57.0. The van der Waals surface area contributed by atoms with Crippen molar-refractivity contribution in [3.05, 3.63) is 108 Å². The summed E-state index contributed by atoms with van der Waals surface area (Å²) in [6.07, 6.45) is 11.6. The number of carbonyl (C=O) groups excluding carboxylic acids is 3. The number of rotatable bonds is 10. The predicted molar refractivity (Wildman–Crippen MR) is 257 cm³/mol. The number of aromatic nitrogens is 4. The fraction of sp³-hybridized carbons (Fsp3) is 0.404. The lowest BCUT2D eigenvalue weighted by molar-refractivity contribution is -0.144.